The Morgan fingerprint density at radius 1 is 1.21 bits per heavy atom. The van der Waals surface area contributed by atoms with Crippen molar-refractivity contribution < 1.29 is 28.9 Å². The van der Waals surface area contributed by atoms with E-state index in [1.807, 2.05) is 25.1 Å². The zero-order valence-electron chi connectivity index (χ0n) is 18.7. The van der Waals surface area contributed by atoms with Gasteiger partial charge in [0.15, 0.2) is 0 Å². The van der Waals surface area contributed by atoms with Crippen LogP contribution in [0, 0.1) is 0 Å². The minimum atomic E-state index is -0.729. The van der Waals surface area contributed by atoms with Gasteiger partial charge in [-0.3, -0.25) is 9.59 Å². The Hall–Kier alpha value is -3.32. The molecular formula is C26H27NO6. The number of aliphatic hydroxyl groups is 1. The zero-order chi connectivity index (χ0) is 23.1. The second-order valence-electron chi connectivity index (χ2n) is 8.82. The lowest BCUT2D eigenvalue weighted by atomic mass is 9.94. The minimum Gasteiger partial charge on any atom is -0.507 e. The topological polar surface area (TPSA) is 85.3 Å². The van der Waals surface area contributed by atoms with Gasteiger partial charge in [-0.05, 0) is 61.2 Å². The fourth-order valence-electron chi connectivity index (χ4n) is 4.96. The molecule has 1 N–H and O–H groups in total. The predicted octanol–water partition coefficient (Wildman–Crippen LogP) is 3.62. The molecule has 0 spiro atoms. The van der Waals surface area contributed by atoms with Crippen LogP contribution in [0.3, 0.4) is 0 Å². The third-order valence-electron chi connectivity index (χ3n) is 6.54. The van der Waals surface area contributed by atoms with Crippen LogP contribution in [0.15, 0.2) is 48.0 Å². The van der Waals surface area contributed by atoms with Gasteiger partial charge in [0.05, 0.1) is 24.8 Å². The number of fused-ring (bicyclic) bond motifs is 1. The van der Waals surface area contributed by atoms with E-state index in [9.17, 15) is 14.7 Å². The second-order valence-corrected chi connectivity index (χ2v) is 8.82. The van der Waals surface area contributed by atoms with E-state index in [4.69, 9.17) is 14.2 Å². The summed E-state index contributed by atoms with van der Waals surface area (Å²) in [5.41, 5.74) is 2.25. The molecule has 2 fully saturated rings. The largest absolute Gasteiger partial charge is 0.507 e. The summed E-state index contributed by atoms with van der Waals surface area (Å²) in [6.45, 7) is 2.92. The van der Waals surface area contributed by atoms with E-state index in [0.29, 0.717) is 30.0 Å². The highest BCUT2D eigenvalue weighted by atomic mass is 16.5. The molecule has 7 nitrogen and oxygen atoms in total. The summed E-state index contributed by atoms with van der Waals surface area (Å²) in [5, 5.41) is 11.3. The molecule has 2 aromatic carbocycles. The summed E-state index contributed by atoms with van der Waals surface area (Å²) in [6, 6.07) is 11.9. The smallest absolute Gasteiger partial charge is 0.295 e. The number of ketones is 1. The van der Waals surface area contributed by atoms with Gasteiger partial charge in [-0.25, -0.2) is 0 Å². The van der Waals surface area contributed by atoms with E-state index in [1.165, 1.54) is 4.90 Å². The van der Waals surface area contributed by atoms with Crippen LogP contribution >= 0.6 is 0 Å². The number of hydrogen-bond acceptors (Lipinski definition) is 6. The lowest BCUT2D eigenvalue weighted by molar-refractivity contribution is -0.140. The Labute approximate surface area is 192 Å². The molecule has 3 aliphatic rings. The number of rotatable bonds is 5. The fraction of sp³-hybridized carbons (Fsp3) is 0.385. The number of ether oxygens (including phenoxy) is 3. The number of carbonyl (C=O) groups is 2. The van der Waals surface area contributed by atoms with Crippen LogP contribution in [0.5, 0.6) is 11.5 Å². The standard InChI is InChI=1S/C26H27NO6/c1-15-11-18-12-17(8-9-21(18)33-15)24(28)22-23(16-5-3-6-19(13-16)31-2)27(26(30)25(22)29)14-20-7-4-10-32-20/h3,5-6,8-9,12-13,15,20,23,28H,4,7,10-11,14H2,1-2H3/t15-,20+,23+/m1/s1. The third-order valence-corrected chi connectivity index (χ3v) is 6.54. The van der Waals surface area contributed by atoms with E-state index < -0.39 is 17.7 Å². The van der Waals surface area contributed by atoms with E-state index >= 15 is 0 Å². The van der Waals surface area contributed by atoms with Gasteiger partial charge in [-0.1, -0.05) is 12.1 Å². The van der Waals surface area contributed by atoms with Gasteiger partial charge in [-0.15, -0.1) is 0 Å². The molecule has 0 radical (unpaired) electrons. The number of hydrogen-bond donors (Lipinski definition) is 1. The Balaban J connectivity index is 1.61. The van der Waals surface area contributed by atoms with Crippen molar-refractivity contribution in [2.75, 3.05) is 20.3 Å². The van der Waals surface area contributed by atoms with Gasteiger partial charge in [-0.2, -0.15) is 0 Å². The van der Waals surface area contributed by atoms with E-state index in [2.05, 4.69) is 0 Å². The zero-order valence-corrected chi connectivity index (χ0v) is 18.7. The average molecular weight is 450 g/mol. The van der Waals surface area contributed by atoms with Crippen molar-refractivity contribution in [3.8, 4) is 11.5 Å². The Kier molecular flexibility index (Phi) is 5.58. The lowest BCUT2D eigenvalue weighted by Crippen LogP contribution is -2.36. The normalized spacial score (nSPS) is 25.9. The maximum Gasteiger partial charge on any atom is 0.295 e. The molecule has 3 aliphatic heterocycles. The van der Waals surface area contributed by atoms with E-state index in [1.54, 1.807) is 31.4 Å². The van der Waals surface area contributed by atoms with Crippen molar-refractivity contribution in [3.63, 3.8) is 0 Å². The van der Waals surface area contributed by atoms with Crippen molar-refractivity contribution >= 4 is 17.4 Å². The van der Waals surface area contributed by atoms with Crippen molar-refractivity contribution in [2.45, 2.75) is 44.4 Å². The lowest BCUT2D eigenvalue weighted by Gasteiger charge is -2.27. The molecule has 7 heteroatoms. The monoisotopic (exact) mass is 449 g/mol. The molecular weight excluding hydrogens is 422 g/mol. The number of carbonyl (C=O) groups excluding carboxylic acids is 2. The first-order valence-corrected chi connectivity index (χ1v) is 11.3. The molecule has 0 saturated carbocycles. The first-order chi connectivity index (χ1) is 16.0. The van der Waals surface area contributed by atoms with Gasteiger partial charge >= 0.3 is 0 Å². The molecule has 3 heterocycles. The van der Waals surface area contributed by atoms with Crippen molar-refractivity contribution in [3.05, 3.63) is 64.7 Å². The Morgan fingerprint density at radius 3 is 2.82 bits per heavy atom. The predicted molar refractivity (Wildman–Crippen MR) is 121 cm³/mol. The van der Waals surface area contributed by atoms with Crippen LogP contribution in [0.25, 0.3) is 5.76 Å². The summed E-state index contributed by atoms with van der Waals surface area (Å²) in [4.78, 5) is 27.9. The van der Waals surface area contributed by atoms with Gasteiger partial charge in [0.2, 0.25) is 0 Å². The molecule has 0 bridgehead atoms. The van der Waals surface area contributed by atoms with Crippen LogP contribution in [0.1, 0.15) is 42.5 Å². The summed E-state index contributed by atoms with van der Waals surface area (Å²) in [6.07, 6.45) is 2.41. The minimum absolute atomic E-state index is 0.0613. The van der Waals surface area contributed by atoms with Crippen molar-refractivity contribution in [2.24, 2.45) is 0 Å². The molecule has 5 rings (SSSR count). The van der Waals surface area contributed by atoms with Gasteiger partial charge in [0.25, 0.3) is 11.7 Å². The Bertz CT molecular complexity index is 1130. The van der Waals surface area contributed by atoms with Gasteiger partial charge < -0.3 is 24.2 Å². The molecule has 2 saturated heterocycles. The third kappa shape index (κ3) is 3.86. The number of likely N-dealkylation sites (tertiary alicyclic amines) is 1. The second kappa shape index (κ2) is 8.56. The first-order valence-electron chi connectivity index (χ1n) is 11.3. The quantitative estimate of drug-likeness (QED) is 0.426. The summed E-state index contributed by atoms with van der Waals surface area (Å²) in [5.74, 6) is -0.110. The summed E-state index contributed by atoms with van der Waals surface area (Å²) >= 11 is 0. The van der Waals surface area contributed by atoms with Crippen molar-refractivity contribution in [1.82, 2.24) is 4.90 Å². The van der Waals surface area contributed by atoms with Crippen molar-refractivity contribution in [1.29, 1.82) is 0 Å². The molecule has 3 atom stereocenters. The Morgan fingerprint density at radius 2 is 2.06 bits per heavy atom. The van der Waals surface area contributed by atoms with E-state index in [0.717, 1.165) is 30.6 Å². The highest BCUT2D eigenvalue weighted by Gasteiger charge is 2.47. The molecule has 1 amide bonds. The van der Waals surface area contributed by atoms with Gasteiger partial charge in [0, 0.05) is 25.1 Å². The number of methoxy groups -OCH3 is 1. The molecule has 33 heavy (non-hydrogen) atoms. The molecule has 172 valence electrons. The molecule has 2 aromatic rings. The van der Waals surface area contributed by atoms with Crippen LogP contribution < -0.4 is 9.47 Å². The first kappa shape index (κ1) is 21.5. The molecule has 0 aromatic heterocycles. The maximum atomic E-state index is 13.2. The van der Waals surface area contributed by atoms with Gasteiger partial charge in [0.1, 0.15) is 23.4 Å². The number of nitrogens with zero attached hydrogens (tertiary/aromatic N) is 1. The SMILES string of the molecule is COc1cccc([C@H]2C(=C(O)c3ccc4c(c3)C[C@@H](C)O4)C(=O)C(=O)N2C[C@@H]2CCCO2)c1. The fourth-order valence-corrected chi connectivity index (χ4v) is 4.96. The van der Waals surface area contributed by atoms with E-state index in [-0.39, 0.29) is 23.5 Å². The summed E-state index contributed by atoms with van der Waals surface area (Å²) in [7, 11) is 1.57. The number of benzene rings is 2. The number of aliphatic hydroxyl groups excluding tert-OH is 1. The maximum absolute atomic E-state index is 13.2. The molecule has 0 unspecified atom stereocenters. The number of amides is 1. The average Bonchev–Trinajstić information content (AvgIpc) is 3.52. The highest BCUT2D eigenvalue weighted by molar-refractivity contribution is 6.46. The van der Waals surface area contributed by atoms with Crippen LogP contribution in [-0.4, -0.2) is 54.2 Å². The van der Waals surface area contributed by atoms with Crippen LogP contribution in [0.4, 0.5) is 0 Å². The van der Waals surface area contributed by atoms with Crippen LogP contribution in [-0.2, 0) is 20.7 Å². The highest BCUT2D eigenvalue weighted by Crippen LogP contribution is 2.41. The summed E-state index contributed by atoms with van der Waals surface area (Å²) < 4.78 is 16.9. The van der Waals surface area contributed by atoms with Crippen LogP contribution in [0.2, 0.25) is 0 Å². The molecule has 0 aliphatic carbocycles. The number of Topliss-reactive ketones (excluding diaryl/α,β-unsaturated/α-hetero) is 1.